The summed E-state index contributed by atoms with van der Waals surface area (Å²) in [5.41, 5.74) is 0.166. The van der Waals surface area contributed by atoms with Crippen molar-refractivity contribution in [1.82, 2.24) is 4.90 Å². The number of hydrogen-bond donors (Lipinski definition) is 0. The second-order valence-corrected chi connectivity index (χ2v) is 6.52. The Morgan fingerprint density at radius 2 is 1.93 bits per heavy atom. The zero-order valence-corrected chi connectivity index (χ0v) is 15.7. The van der Waals surface area contributed by atoms with Gasteiger partial charge in [-0.3, -0.25) is 4.79 Å². The van der Waals surface area contributed by atoms with Crippen LogP contribution in [-0.2, 0) is 17.5 Å². The maximum absolute atomic E-state index is 12.9. The van der Waals surface area contributed by atoms with Crippen molar-refractivity contribution in [3.05, 3.63) is 64.2 Å². The molecule has 0 radical (unpaired) electrons. The van der Waals surface area contributed by atoms with Gasteiger partial charge in [-0.1, -0.05) is 23.7 Å². The van der Waals surface area contributed by atoms with Crippen molar-refractivity contribution in [1.29, 1.82) is 0 Å². The van der Waals surface area contributed by atoms with E-state index in [1.54, 1.807) is 17.0 Å². The molecule has 0 saturated heterocycles. The third kappa shape index (κ3) is 4.59. The fraction of sp³-hybridized carbons (Fsp3) is 0.250. The van der Waals surface area contributed by atoms with Crippen molar-refractivity contribution in [3.8, 4) is 11.5 Å². The largest absolute Gasteiger partial charge is 0.454 e. The lowest BCUT2D eigenvalue weighted by Gasteiger charge is -2.19. The molecule has 28 heavy (non-hydrogen) atoms. The van der Waals surface area contributed by atoms with Gasteiger partial charge in [0.1, 0.15) is 0 Å². The summed E-state index contributed by atoms with van der Waals surface area (Å²) in [6, 6.07) is 8.92. The van der Waals surface area contributed by atoms with E-state index in [9.17, 15) is 18.0 Å². The Labute approximate surface area is 165 Å². The lowest BCUT2D eigenvalue weighted by atomic mass is 10.1. The zero-order valence-electron chi connectivity index (χ0n) is 14.9. The molecule has 0 saturated carbocycles. The molecule has 1 aliphatic rings. The second kappa shape index (κ2) is 8.14. The number of hydrogen-bond acceptors (Lipinski definition) is 3. The first-order valence-electron chi connectivity index (χ1n) is 8.50. The van der Waals surface area contributed by atoms with Crippen LogP contribution in [0, 0.1) is 0 Å². The van der Waals surface area contributed by atoms with Gasteiger partial charge in [0, 0.05) is 19.2 Å². The SMILES string of the molecule is CCN(Cc1ccc2c(c1)OCO2)C(=O)/C=C\c1ccc(Cl)c(C(F)(F)F)c1. The van der Waals surface area contributed by atoms with E-state index in [4.69, 9.17) is 21.1 Å². The highest BCUT2D eigenvalue weighted by Crippen LogP contribution is 2.35. The molecule has 1 aliphatic heterocycles. The molecule has 1 amide bonds. The molecule has 2 aromatic carbocycles. The van der Waals surface area contributed by atoms with Gasteiger partial charge in [0.05, 0.1) is 10.6 Å². The minimum atomic E-state index is -4.56. The summed E-state index contributed by atoms with van der Waals surface area (Å²) >= 11 is 5.61. The number of amides is 1. The number of likely N-dealkylation sites (N-methyl/N-ethyl adjacent to an activating group) is 1. The number of benzene rings is 2. The summed E-state index contributed by atoms with van der Waals surface area (Å²) in [6.45, 7) is 2.76. The van der Waals surface area contributed by atoms with Gasteiger partial charge in [-0.2, -0.15) is 13.2 Å². The highest BCUT2D eigenvalue weighted by atomic mass is 35.5. The van der Waals surface area contributed by atoms with Crippen LogP contribution in [0.5, 0.6) is 11.5 Å². The molecule has 0 spiro atoms. The molecule has 3 rings (SSSR count). The summed E-state index contributed by atoms with van der Waals surface area (Å²) in [6.07, 6.45) is -1.96. The Balaban J connectivity index is 1.72. The van der Waals surface area contributed by atoms with E-state index in [1.165, 1.54) is 24.3 Å². The highest BCUT2D eigenvalue weighted by Gasteiger charge is 2.33. The van der Waals surface area contributed by atoms with Crippen LogP contribution in [0.1, 0.15) is 23.6 Å². The number of halogens is 4. The maximum Gasteiger partial charge on any atom is 0.417 e. The van der Waals surface area contributed by atoms with Crippen molar-refractivity contribution in [2.75, 3.05) is 13.3 Å². The van der Waals surface area contributed by atoms with Crippen molar-refractivity contribution in [2.24, 2.45) is 0 Å². The van der Waals surface area contributed by atoms with Gasteiger partial charge in [-0.25, -0.2) is 0 Å². The summed E-state index contributed by atoms with van der Waals surface area (Å²) in [5, 5.41) is -0.381. The predicted octanol–water partition coefficient (Wildman–Crippen LogP) is 5.15. The Hall–Kier alpha value is -2.67. The number of carbonyl (C=O) groups is 1. The van der Waals surface area contributed by atoms with Crippen LogP contribution < -0.4 is 9.47 Å². The highest BCUT2D eigenvalue weighted by molar-refractivity contribution is 6.31. The van der Waals surface area contributed by atoms with Crippen molar-refractivity contribution >= 4 is 23.6 Å². The van der Waals surface area contributed by atoms with Crippen molar-refractivity contribution in [2.45, 2.75) is 19.6 Å². The summed E-state index contributed by atoms with van der Waals surface area (Å²) in [4.78, 5) is 14.0. The van der Waals surface area contributed by atoms with E-state index >= 15 is 0 Å². The number of carbonyl (C=O) groups excluding carboxylic acids is 1. The molecule has 0 aromatic heterocycles. The lowest BCUT2D eigenvalue weighted by molar-refractivity contribution is -0.137. The number of alkyl halides is 3. The van der Waals surface area contributed by atoms with Gasteiger partial charge >= 0.3 is 6.18 Å². The molecular formula is C20H17ClF3NO3. The summed E-state index contributed by atoms with van der Waals surface area (Å²) < 4.78 is 49.4. The smallest absolute Gasteiger partial charge is 0.417 e. The summed E-state index contributed by atoms with van der Waals surface area (Å²) in [7, 11) is 0. The average Bonchev–Trinajstić information content (AvgIpc) is 3.12. The van der Waals surface area contributed by atoms with Crippen LogP contribution in [0.2, 0.25) is 5.02 Å². The minimum Gasteiger partial charge on any atom is -0.454 e. The molecule has 0 atom stereocenters. The molecule has 2 aromatic rings. The first-order chi connectivity index (χ1) is 13.3. The second-order valence-electron chi connectivity index (χ2n) is 6.11. The van der Waals surface area contributed by atoms with E-state index in [0.29, 0.717) is 24.6 Å². The van der Waals surface area contributed by atoms with E-state index in [1.807, 2.05) is 13.0 Å². The molecule has 0 fully saturated rings. The minimum absolute atomic E-state index is 0.166. The average molecular weight is 412 g/mol. The summed E-state index contributed by atoms with van der Waals surface area (Å²) in [5.74, 6) is 0.960. The Morgan fingerprint density at radius 1 is 1.18 bits per heavy atom. The lowest BCUT2D eigenvalue weighted by Crippen LogP contribution is -2.28. The van der Waals surface area contributed by atoms with Gasteiger partial charge in [-0.05, 0) is 48.4 Å². The van der Waals surface area contributed by atoms with E-state index in [2.05, 4.69) is 0 Å². The number of rotatable bonds is 5. The zero-order chi connectivity index (χ0) is 20.3. The monoisotopic (exact) mass is 411 g/mol. The first kappa shape index (κ1) is 20.1. The maximum atomic E-state index is 12.9. The molecule has 4 nitrogen and oxygen atoms in total. The molecule has 0 unspecified atom stereocenters. The Morgan fingerprint density at radius 3 is 2.64 bits per heavy atom. The van der Waals surface area contributed by atoms with Gasteiger partial charge in [-0.15, -0.1) is 0 Å². The molecule has 1 heterocycles. The van der Waals surface area contributed by atoms with Gasteiger partial charge in [0.25, 0.3) is 0 Å². The molecular weight excluding hydrogens is 395 g/mol. The normalized spacial score (nSPS) is 13.2. The first-order valence-corrected chi connectivity index (χ1v) is 8.88. The van der Waals surface area contributed by atoms with Crippen LogP contribution in [0.4, 0.5) is 13.2 Å². The molecule has 8 heteroatoms. The standard InChI is InChI=1S/C20H17ClF3NO3/c1-2-25(11-14-4-7-17-18(10-14)28-12-27-17)19(26)8-5-13-3-6-16(21)15(9-13)20(22,23)24/h3-10H,2,11-12H2,1H3/b8-5-. The van der Waals surface area contributed by atoms with Crippen LogP contribution in [0.25, 0.3) is 6.08 Å². The van der Waals surface area contributed by atoms with Gasteiger partial charge in [0.15, 0.2) is 11.5 Å². The van der Waals surface area contributed by atoms with Crippen molar-refractivity contribution < 1.29 is 27.4 Å². The predicted molar refractivity (Wildman–Crippen MR) is 99.1 cm³/mol. The fourth-order valence-electron chi connectivity index (χ4n) is 2.74. The van der Waals surface area contributed by atoms with Crippen LogP contribution in [0.15, 0.2) is 42.5 Å². The van der Waals surface area contributed by atoms with Crippen LogP contribution in [0.3, 0.4) is 0 Å². The van der Waals surface area contributed by atoms with Crippen molar-refractivity contribution in [3.63, 3.8) is 0 Å². The number of fused-ring (bicyclic) bond motifs is 1. The Bertz CT molecular complexity index is 912. The van der Waals surface area contributed by atoms with Crippen LogP contribution >= 0.6 is 11.6 Å². The topological polar surface area (TPSA) is 38.8 Å². The third-order valence-corrected chi connectivity index (χ3v) is 4.55. The quantitative estimate of drug-likeness (QED) is 0.639. The number of ether oxygens (including phenoxy) is 2. The fourth-order valence-corrected chi connectivity index (χ4v) is 2.97. The molecule has 148 valence electrons. The van der Waals surface area contributed by atoms with Gasteiger partial charge in [0.2, 0.25) is 12.7 Å². The number of nitrogens with zero attached hydrogens (tertiary/aromatic N) is 1. The van der Waals surface area contributed by atoms with E-state index in [-0.39, 0.29) is 23.3 Å². The molecule has 0 N–H and O–H groups in total. The molecule has 0 aliphatic carbocycles. The molecule has 0 bridgehead atoms. The van der Waals surface area contributed by atoms with Gasteiger partial charge < -0.3 is 14.4 Å². The Kier molecular flexibility index (Phi) is 5.84. The third-order valence-electron chi connectivity index (χ3n) is 4.22. The van der Waals surface area contributed by atoms with E-state index in [0.717, 1.165) is 11.6 Å². The van der Waals surface area contributed by atoms with E-state index < -0.39 is 11.7 Å². The van der Waals surface area contributed by atoms with Crippen LogP contribution in [-0.4, -0.2) is 24.1 Å².